The molecule has 0 spiro atoms. The summed E-state index contributed by atoms with van der Waals surface area (Å²) in [6.07, 6.45) is 1.06. The molecule has 0 saturated carbocycles. The van der Waals surface area contributed by atoms with E-state index < -0.39 is 0 Å². The Morgan fingerprint density at radius 2 is 1.80 bits per heavy atom. The molecule has 0 bridgehead atoms. The number of rotatable bonds is 5. The van der Waals surface area contributed by atoms with Crippen LogP contribution in [0.4, 0.5) is 0 Å². The van der Waals surface area contributed by atoms with E-state index in [9.17, 15) is 0 Å². The van der Waals surface area contributed by atoms with Crippen LogP contribution in [0.1, 0.15) is 45.0 Å². The molecule has 2 rings (SSSR count). The van der Waals surface area contributed by atoms with Crippen LogP contribution in [0.2, 0.25) is 0 Å². The highest BCUT2D eigenvalue weighted by Gasteiger charge is 2.15. The van der Waals surface area contributed by atoms with Crippen molar-refractivity contribution in [3.05, 3.63) is 56.3 Å². The van der Waals surface area contributed by atoms with Crippen LogP contribution in [0.5, 0.6) is 0 Å². The highest BCUT2D eigenvalue weighted by atomic mass is 32.1. The fourth-order valence-corrected chi connectivity index (χ4v) is 3.69. The lowest BCUT2D eigenvalue weighted by Crippen LogP contribution is -2.23. The average Bonchev–Trinajstić information content (AvgIpc) is 2.72. The fraction of sp³-hybridized carbons (Fsp3) is 0.444. The molecule has 0 saturated heterocycles. The SMILES string of the molecule is CCNC(Cc1ccc(C)c(C)c1)c1cc(C)sc1C. The second kappa shape index (κ2) is 6.55. The minimum atomic E-state index is 0.423. The second-order valence-electron chi connectivity index (χ2n) is 5.60. The number of aryl methyl sites for hydroxylation is 4. The molecule has 1 atom stereocenters. The summed E-state index contributed by atoms with van der Waals surface area (Å²) in [7, 11) is 0. The van der Waals surface area contributed by atoms with Crippen molar-refractivity contribution in [2.45, 2.75) is 47.1 Å². The fourth-order valence-electron chi connectivity index (χ4n) is 2.70. The van der Waals surface area contributed by atoms with E-state index in [0.29, 0.717) is 6.04 Å². The van der Waals surface area contributed by atoms with E-state index in [2.05, 4.69) is 64.2 Å². The molecule has 0 aliphatic heterocycles. The third kappa shape index (κ3) is 3.50. The summed E-state index contributed by atoms with van der Waals surface area (Å²) in [4.78, 5) is 2.85. The molecule has 1 nitrogen and oxygen atoms in total. The van der Waals surface area contributed by atoms with Crippen molar-refractivity contribution < 1.29 is 0 Å². The van der Waals surface area contributed by atoms with Gasteiger partial charge in [0.05, 0.1) is 0 Å². The van der Waals surface area contributed by atoms with E-state index in [1.54, 1.807) is 0 Å². The summed E-state index contributed by atoms with van der Waals surface area (Å²) in [5, 5.41) is 3.64. The van der Waals surface area contributed by atoms with Gasteiger partial charge < -0.3 is 5.32 Å². The van der Waals surface area contributed by atoms with Crippen LogP contribution < -0.4 is 5.32 Å². The number of thiophene rings is 1. The third-order valence-corrected chi connectivity index (χ3v) is 4.90. The molecule has 2 heteroatoms. The van der Waals surface area contributed by atoms with E-state index in [-0.39, 0.29) is 0 Å². The van der Waals surface area contributed by atoms with Crippen LogP contribution >= 0.6 is 11.3 Å². The predicted octanol–water partition coefficient (Wildman–Crippen LogP) is 4.88. The van der Waals surface area contributed by atoms with Crippen molar-refractivity contribution in [3.63, 3.8) is 0 Å². The number of hydrogen-bond donors (Lipinski definition) is 1. The summed E-state index contributed by atoms with van der Waals surface area (Å²) in [6.45, 7) is 12.0. The van der Waals surface area contributed by atoms with Gasteiger partial charge in [-0.05, 0) is 69.0 Å². The Hall–Kier alpha value is -1.12. The molecule has 1 aromatic heterocycles. The molecule has 108 valence electrons. The van der Waals surface area contributed by atoms with E-state index in [4.69, 9.17) is 0 Å². The van der Waals surface area contributed by atoms with Gasteiger partial charge in [-0.25, -0.2) is 0 Å². The zero-order chi connectivity index (χ0) is 14.7. The van der Waals surface area contributed by atoms with Gasteiger partial charge in [-0.3, -0.25) is 0 Å². The molecular formula is C18H25NS. The Kier molecular flexibility index (Phi) is 5.00. The van der Waals surface area contributed by atoms with E-state index >= 15 is 0 Å². The van der Waals surface area contributed by atoms with Crippen molar-refractivity contribution in [3.8, 4) is 0 Å². The van der Waals surface area contributed by atoms with Gasteiger partial charge in [-0.15, -0.1) is 11.3 Å². The maximum Gasteiger partial charge on any atom is 0.0371 e. The predicted molar refractivity (Wildman–Crippen MR) is 89.8 cm³/mol. The first-order valence-corrected chi connectivity index (χ1v) is 8.19. The van der Waals surface area contributed by atoms with Crippen LogP contribution in [-0.2, 0) is 6.42 Å². The molecular weight excluding hydrogens is 262 g/mol. The highest BCUT2D eigenvalue weighted by Crippen LogP contribution is 2.29. The van der Waals surface area contributed by atoms with Gasteiger partial charge in [0.25, 0.3) is 0 Å². The molecule has 0 aliphatic rings. The normalized spacial score (nSPS) is 12.7. The van der Waals surface area contributed by atoms with Crippen molar-refractivity contribution >= 4 is 11.3 Å². The Morgan fingerprint density at radius 1 is 1.05 bits per heavy atom. The van der Waals surface area contributed by atoms with E-state index in [0.717, 1.165) is 13.0 Å². The zero-order valence-electron chi connectivity index (χ0n) is 13.2. The van der Waals surface area contributed by atoms with Crippen LogP contribution in [0, 0.1) is 27.7 Å². The lowest BCUT2D eigenvalue weighted by molar-refractivity contribution is 0.549. The molecule has 2 aromatic rings. The van der Waals surface area contributed by atoms with Gasteiger partial charge >= 0.3 is 0 Å². The van der Waals surface area contributed by atoms with Gasteiger partial charge in [-0.2, -0.15) is 0 Å². The summed E-state index contributed by atoms with van der Waals surface area (Å²) in [6, 6.07) is 9.59. The third-order valence-electron chi connectivity index (χ3n) is 3.92. The van der Waals surface area contributed by atoms with Crippen LogP contribution in [0.15, 0.2) is 24.3 Å². The van der Waals surface area contributed by atoms with Crippen molar-refractivity contribution in [2.24, 2.45) is 0 Å². The Balaban J connectivity index is 2.25. The Morgan fingerprint density at radius 3 is 2.35 bits per heavy atom. The number of likely N-dealkylation sites (N-methyl/N-ethyl adjacent to an activating group) is 1. The molecule has 0 amide bonds. The standard InChI is InChI=1S/C18H25NS/c1-6-19-18(17-10-14(4)20-15(17)5)11-16-8-7-12(2)13(3)9-16/h7-10,18-19H,6,11H2,1-5H3. The van der Waals surface area contributed by atoms with Gasteiger partial charge in [0.2, 0.25) is 0 Å². The lowest BCUT2D eigenvalue weighted by Gasteiger charge is -2.19. The number of nitrogens with one attached hydrogen (secondary N) is 1. The van der Waals surface area contributed by atoms with Gasteiger partial charge in [0.1, 0.15) is 0 Å². The first kappa shape index (κ1) is 15.3. The molecule has 1 heterocycles. The molecule has 0 aliphatic carbocycles. The van der Waals surface area contributed by atoms with Crippen molar-refractivity contribution in [1.82, 2.24) is 5.32 Å². The number of hydrogen-bond acceptors (Lipinski definition) is 2. The first-order valence-electron chi connectivity index (χ1n) is 7.37. The molecule has 0 fully saturated rings. The largest absolute Gasteiger partial charge is 0.310 e. The minimum Gasteiger partial charge on any atom is -0.310 e. The first-order chi connectivity index (χ1) is 9.51. The maximum absolute atomic E-state index is 3.64. The summed E-state index contributed by atoms with van der Waals surface area (Å²) >= 11 is 1.90. The van der Waals surface area contributed by atoms with E-state index in [1.165, 1.54) is 32.0 Å². The van der Waals surface area contributed by atoms with Crippen LogP contribution in [-0.4, -0.2) is 6.54 Å². The van der Waals surface area contributed by atoms with Gasteiger partial charge in [0.15, 0.2) is 0 Å². The highest BCUT2D eigenvalue weighted by molar-refractivity contribution is 7.12. The molecule has 1 unspecified atom stereocenters. The van der Waals surface area contributed by atoms with Crippen LogP contribution in [0.25, 0.3) is 0 Å². The summed E-state index contributed by atoms with van der Waals surface area (Å²) < 4.78 is 0. The second-order valence-corrected chi connectivity index (χ2v) is 7.06. The molecule has 1 N–H and O–H groups in total. The van der Waals surface area contributed by atoms with Crippen molar-refractivity contribution in [2.75, 3.05) is 6.54 Å². The minimum absolute atomic E-state index is 0.423. The van der Waals surface area contributed by atoms with Gasteiger partial charge in [0, 0.05) is 15.8 Å². The lowest BCUT2D eigenvalue weighted by atomic mass is 9.96. The maximum atomic E-state index is 3.64. The summed E-state index contributed by atoms with van der Waals surface area (Å²) in [5.41, 5.74) is 5.64. The average molecular weight is 287 g/mol. The smallest absolute Gasteiger partial charge is 0.0371 e. The Bertz CT molecular complexity index is 583. The van der Waals surface area contributed by atoms with Crippen molar-refractivity contribution in [1.29, 1.82) is 0 Å². The Labute approximate surface area is 127 Å². The molecule has 20 heavy (non-hydrogen) atoms. The molecule has 1 aromatic carbocycles. The topological polar surface area (TPSA) is 12.0 Å². The monoisotopic (exact) mass is 287 g/mol. The zero-order valence-corrected chi connectivity index (χ0v) is 14.0. The molecule has 0 radical (unpaired) electrons. The van der Waals surface area contributed by atoms with Gasteiger partial charge in [-0.1, -0.05) is 25.1 Å². The summed E-state index contributed by atoms with van der Waals surface area (Å²) in [5.74, 6) is 0. The quantitative estimate of drug-likeness (QED) is 0.827. The van der Waals surface area contributed by atoms with E-state index in [1.807, 2.05) is 11.3 Å². The van der Waals surface area contributed by atoms with Crippen LogP contribution in [0.3, 0.4) is 0 Å². The number of benzene rings is 1.